The molecular weight excluding hydrogens is 437 g/mol. The molecule has 0 saturated heterocycles. The van der Waals surface area contributed by atoms with Crippen molar-refractivity contribution in [1.82, 2.24) is 10.3 Å². The van der Waals surface area contributed by atoms with Gasteiger partial charge in [-0.25, -0.2) is 0 Å². The Morgan fingerprint density at radius 2 is 1.81 bits per heavy atom. The van der Waals surface area contributed by atoms with Crippen LogP contribution in [0.1, 0.15) is 40.8 Å². The zero-order valence-corrected chi connectivity index (χ0v) is 18.2. The number of amides is 1. The van der Waals surface area contributed by atoms with Crippen molar-refractivity contribution in [2.45, 2.75) is 37.9 Å². The second-order valence-electron chi connectivity index (χ2n) is 8.22. The van der Waals surface area contributed by atoms with E-state index in [0.29, 0.717) is 16.3 Å². The molecule has 1 atom stereocenters. The average Bonchev–Trinajstić information content (AvgIpc) is 3.59. The van der Waals surface area contributed by atoms with Gasteiger partial charge in [-0.05, 0) is 54.7 Å². The summed E-state index contributed by atoms with van der Waals surface area (Å²) in [6.07, 6.45) is -1.31. The summed E-state index contributed by atoms with van der Waals surface area (Å²) in [5, 5.41) is 3.48. The zero-order valence-electron chi connectivity index (χ0n) is 17.4. The van der Waals surface area contributed by atoms with Crippen LogP contribution in [0.25, 0.3) is 0 Å². The minimum Gasteiger partial charge on any atom is -0.340 e. The molecule has 2 aromatic carbocycles. The smallest absolute Gasteiger partial charge is 0.340 e. The van der Waals surface area contributed by atoms with E-state index in [1.54, 1.807) is 18.2 Å². The van der Waals surface area contributed by atoms with Crippen LogP contribution in [-0.4, -0.2) is 10.9 Å². The molecule has 0 unspecified atom stereocenters. The van der Waals surface area contributed by atoms with Crippen molar-refractivity contribution in [3.05, 3.63) is 99.8 Å². The maximum Gasteiger partial charge on any atom is 0.416 e. The van der Waals surface area contributed by atoms with E-state index in [4.69, 9.17) is 11.6 Å². The van der Waals surface area contributed by atoms with E-state index in [1.807, 2.05) is 30.3 Å². The van der Waals surface area contributed by atoms with Gasteiger partial charge in [-0.3, -0.25) is 9.78 Å². The van der Waals surface area contributed by atoms with Gasteiger partial charge in [0.2, 0.25) is 5.91 Å². The standard InChI is InChI=1S/C25H22ClF3N2O/c1-16-7-10-19(13-21(16)25(27,28)29)24(31-23(32)18-8-9-18,14-17-5-3-2-4-6-17)22-12-11-20(26)15-30-22/h2-7,10-13,15,18H,8-9,14H2,1H3,(H,31,32)/t24-/m1/s1. The molecule has 3 nitrogen and oxygen atoms in total. The first-order valence-electron chi connectivity index (χ1n) is 10.4. The maximum atomic E-state index is 13.8. The maximum absolute atomic E-state index is 13.8. The number of halogens is 4. The van der Waals surface area contributed by atoms with E-state index in [-0.39, 0.29) is 23.8 Å². The van der Waals surface area contributed by atoms with Crippen LogP contribution >= 0.6 is 11.6 Å². The predicted molar refractivity (Wildman–Crippen MR) is 117 cm³/mol. The number of hydrogen-bond acceptors (Lipinski definition) is 2. The van der Waals surface area contributed by atoms with Gasteiger partial charge in [0.25, 0.3) is 0 Å². The van der Waals surface area contributed by atoms with Crippen LogP contribution in [0.4, 0.5) is 13.2 Å². The van der Waals surface area contributed by atoms with Crippen molar-refractivity contribution < 1.29 is 18.0 Å². The molecule has 1 aliphatic rings. The summed E-state index contributed by atoms with van der Waals surface area (Å²) >= 11 is 6.04. The molecule has 1 saturated carbocycles. The molecule has 1 aromatic heterocycles. The lowest BCUT2D eigenvalue weighted by Gasteiger charge is -2.36. The quantitative estimate of drug-likeness (QED) is 0.486. The van der Waals surface area contributed by atoms with Crippen molar-refractivity contribution in [1.29, 1.82) is 0 Å². The summed E-state index contributed by atoms with van der Waals surface area (Å²) in [5.41, 5.74) is -0.303. The van der Waals surface area contributed by atoms with Gasteiger partial charge in [-0.1, -0.05) is 54.1 Å². The molecule has 32 heavy (non-hydrogen) atoms. The molecule has 4 rings (SSSR count). The molecule has 7 heteroatoms. The van der Waals surface area contributed by atoms with Crippen LogP contribution in [0.3, 0.4) is 0 Å². The molecule has 166 valence electrons. The van der Waals surface area contributed by atoms with E-state index in [1.165, 1.54) is 19.2 Å². The lowest BCUT2D eigenvalue weighted by molar-refractivity contribution is -0.138. The fourth-order valence-corrected chi connectivity index (χ4v) is 4.01. The van der Waals surface area contributed by atoms with Gasteiger partial charge in [0.1, 0.15) is 5.54 Å². The number of nitrogens with one attached hydrogen (secondary N) is 1. The zero-order chi connectivity index (χ0) is 22.9. The molecule has 0 spiro atoms. The number of carbonyl (C=O) groups is 1. The topological polar surface area (TPSA) is 42.0 Å². The van der Waals surface area contributed by atoms with Gasteiger partial charge in [-0.15, -0.1) is 0 Å². The molecule has 1 fully saturated rings. The van der Waals surface area contributed by atoms with E-state index >= 15 is 0 Å². The van der Waals surface area contributed by atoms with Crippen molar-refractivity contribution in [2.24, 2.45) is 5.92 Å². The average molecular weight is 459 g/mol. The summed E-state index contributed by atoms with van der Waals surface area (Å²) < 4.78 is 41.3. The van der Waals surface area contributed by atoms with Crippen molar-refractivity contribution >= 4 is 17.5 Å². The number of alkyl halides is 3. The first-order chi connectivity index (χ1) is 15.2. The Morgan fingerprint density at radius 1 is 1.09 bits per heavy atom. The minimum atomic E-state index is -4.52. The highest BCUT2D eigenvalue weighted by Crippen LogP contribution is 2.40. The summed E-state index contributed by atoms with van der Waals surface area (Å²) in [6.45, 7) is 1.43. The second-order valence-corrected chi connectivity index (χ2v) is 8.66. The van der Waals surface area contributed by atoms with Gasteiger partial charge >= 0.3 is 6.18 Å². The van der Waals surface area contributed by atoms with Crippen molar-refractivity contribution in [3.63, 3.8) is 0 Å². The van der Waals surface area contributed by atoms with Gasteiger partial charge < -0.3 is 5.32 Å². The van der Waals surface area contributed by atoms with Gasteiger partial charge in [0.05, 0.1) is 16.3 Å². The summed E-state index contributed by atoms with van der Waals surface area (Å²) in [5.74, 6) is -0.322. The monoisotopic (exact) mass is 458 g/mol. The van der Waals surface area contributed by atoms with Crippen molar-refractivity contribution in [2.75, 3.05) is 0 Å². The Morgan fingerprint density at radius 3 is 2.41 bits per heavy atom. The summed E-state index contributed by atoms with van der Waals surface area (Å²) in [4.78, 5) is 17.4. The largest absolute Gasteiger partial charge is 0.416 e. The van der Waals surface area contributed by atoms with E-state index < -0.39 is 17.3 Å². The number of rotatable bonds is 6. The van der Waals surface area contributed by atoms with E-state index in [9.17, 15) is 18.0 Å². The van der Waals surface area contributed by atoms with Gasteiger partial charge in [0.15, 0.2) is 0 Å². The van der Waals surface area contributed by atoms with E-state index in [2.05, 4.69) is 10.3 Å². The van der Waals surface area contributed by atoms with Gasteiger partial charge in [-0.2, -0.15) is 13.2 Å². The lowest BCUT2D eigenvalue weighted by Crippen LogP contribution is -2.49. The summed E-state index contributed by atoms with van der Waals surface area (Å²) in [6, 6.07) is 16.8. The Balaban J connectivity index is 1.94. The highest BCUT2D eigenvalue weighted by molar-refractivity contribution is 6.30. The first-order valence-corrected chi connectivity index (χ1v) is 10.7. The van der Waals surface area contributed by atoms with Crippen LogP contribution in [0.2, 0.25) is 5.02 Å². The lowest BCUT2D eigenvalue weighted by atomic mass is 9.79. The highest BCUT2D eigenvalue weighted by atomic mass is 35.5. The fraction of sp³-hybridized carbons (Fsp3) is 0.280. The molecule has 1 aliphatic carbocycles. The van der Waals surface area contributed by atoms with Crippen molar-refractivity contribution in [3.8, 4) is 0 Å². The molecular formula is C25H22ClF3N2O. The molecule has 0 aliphatic heterocycles. The molecule has 1 heterocycles. The van der Waals surface area contributed by atoms with Crippen LogP contribution in [0.15, 0.2) is 66.9 Å². The Bertz CT molecular complexity index is 1110. The Kier molecular flexibility index (Phi) is 5.99. The number of nitrogens with zero attached hydrogens (tertiary/aromatic N) is 1. The highest BCUT2D eigenvalue weighted by Gasteiger charge is 2.43. The van der Waals surface area contributed by atoms with E-state index in [0.717, 1.165) is 24.5 Å². The molecule has 0 radical (unpaired) electrons. The third kappa shape index (κ3) is 4.65. The SMILES string of the molecule is Cc1ccc([C@@](Cc2ccccc2)(NC(=O)C2CC2)c2ccc(Cl)cn2)cc1C(F)(F)F. The second kappa shape index (κ2) is 8.58. The number of pyridine rings is 1. The molecule has 0 bridgehead atoms. The number of hydrogen-bond donors (Lipinski definition) is 1. The minimum absolute atomic E-state index is 0.118. The third-order valence-corrected chi connectivity index (χ3v) is 6.02. The van der Waals surface area contributed by atoms with Crippen LogP contribution in [0, 0.1) is 12.8 Å². The third-order valence-electron chi connectivity index (χ3n) is 5.80. The molecule has 1 amide bonds. The molecule has 3 aromatic rings. The fourth-order valence-electron chi connectivity index (χ4n) is 3.90. The Labute approximate surface area is 189 Å². The van der Waals surface area contributed by atoms with Crippen LogP contribution in [-0.2, 0) is 22.9 Å². The molecule has 1 N–H and O–H groups in total. The Hall–Kier alpha value is -2.86. The number of aryl methyl sites for hydroxylation is 1. The predicted octanol–water partition coefficient (Wildman–Crippen LogP) is 6.07. The number of aromatic nitrogens is 1. The summed E-state index contributed by atoms with van der Waals surface area (Å²) in [7, 11) is 0. The van der Waals surface area contributed by atoms with Crippen LogP contribution in [0.5, 0.6) is 0 Å². The van der Waals surface area contributed by atoms with Crippen LogP contribution < -0.4 is 5.32 Å². The van der Waals surface area contributed by atoms with Gasteiger partial charge in [0, 0.05) is 18.5 Å². The number of benzene rings is 2. The normalized spacial score (nSPS) is 15.8. The first kappa shape index (κ1) is 22.3. The number of carbonyl (C=O) groups excluding carboxylic acids is 1.